The molecule has 102 valence electrons. The van der Waals surface area contributed by atoms with E-state index in [2.05, 4.69) is 20.9 Å². The SMILES string of the molecule is COc1ccc(Br)c(COCCc2scnc2C)c1. The maximum atomic E-state index is 5.72. The first-order valence-corrected chi connectivity index (χ1v) is 7.67. The van der Waals surface area contributed by atoms with Crippen LogP contribution in [0.1, 0.15) is 16.1 Å². The molecule has 2 rings (SSSR count). The van der Waals surface area contributed by atoms with Crippen molar-refractivity contribution >= 4 is 27.3 Å². The van der Waals surface area contributed by atoms with Gasteiger partial charge < -0.3 is 9.47 Å². The molecule has 1 aromatic carbocycles. The lowest BCUT2D eigenvalue weighted by Gasteiger charge is -2.08. The quantitative estimate of drug-likeness (QED) is 0.744. The molecule has 0 saturated heterocycles. The number of aryl methyl sites for hydroxylation is 1. The second-order valence-electron chi connectivity index (χ2n) is 4.12. The van der Waals surface area contributed by atoms with E-state index in [9.17, 15) is 0 Å². The van der Waals surface area contributed by atoms with Crippen LogP contribution in [-0.2, 0) is 17.8 Å². The fourth-order valence-electron chi connectivity index (χ4n) is 1.70. The topological polar surface area (TPSA) is 31.4 Å². The van der Waals surface area contributed by atoms with Gasteiger partial charge in [0.2, 0.25) is 0 Å². The Kier molecular flexibility index (Phi) is 5.36. The van der Waals surface area contributed by atoms with E-state index < -0.39 is 0 Å². The van der Waals surface area contributed by atoms with Crippen molar-refractivity contribution in [3.05, 3.63) is 44.3 Å². The zero-order valence-electron chi connectivity index (χ0n) is 11.0. The molecule has 0 aliphatic carbocycles. The fourth-order valence-corrected chi connectivity index (χ4v) is 2.83. The third-order valence-electron chi connectivity index (χ3n) is 2.83. The van der Waals surface area contributed by atoms with Crippen LogP contribution in [0.4, 0.5) is 0 Å². The third-order valence-corrected chi connectivity index (χ3v) is 4.60. The van der Waals surface area contributed by atoms with Crippen LogP contribution in [0, 0.1) is 6.92 Å². The van der Waals surface area contributed by atoms with E-state index in [1.54, 1.807) is 18.4 Å². The second-order valence-corrected chi connectivity index (χ2v) is 5.91. The van der Waals surface area contributed by atoms with Gasteiger partial charge in [-0.3, -0.25) is 0 Å². The van der Waals surface area contributed by atoms with E-state index in [-0.39, 0.29) is 0 Å². The first kappa shape index (κ1) is 14.5. The third kappa shape index (κ3) is 4.03. The largest absolute Gasteiger partial charge is 0.497 e. The summed E-state index contributed by atoms with van der Waals surface area (Å²) in [6.45, 7) is 3.31. The summed E-state index contributed by atoms with van der Waals surface area (Å²) in [5, 5.41) is 0. The molecule has 0 saturated carbocycles. The van der Waals surface area contributed by atoms with Gasteiger partial charge in [0, 0.05) is 15.8 Å². The van der Waals surface area contributed by atoms with Crippen molar-refractivity contribution < 1.29 is 9.47 Å². The summed E-state index contributed by atoms with van der Waals surface area (Å²) in [5.41, 5.74) is 4.08. The van der Waals surface area contributed by atoms with Gasteiger partial charge in [-0.1, -0.05) is 15.9 Å². The van der Waals surface area contributed by atoms with Gasteiger partial charge in [0.15, 0.2) is 0 Å². The Hall–Kier alpha value is -0.910. The molecule has 5 heteroatoms. The van der Waals surface area contributed by atoms with E-state index in [4.69, 9.17) is 9.47 Å². The van der Waals surface area contributed by atoms with Crippen molar-refractivity contribution in [2.75, 3.05) is 13.7 Å². The highest BCUT2D eigenvalue weighted by Crippen LogP contribution is 2.23. The predicted octanol–water partition coefficient (Wildman–Crippen LogP) is 3.98. The van der Waals surface area contributed by atoms with Gasteiger partial charge in [0.25, 0.3) is 0 Å². The first-order chi connectivity index (χ1) is 9.20. The van der Waals surface area contributed by atoms with E-state index in [0.717, 1.165) is 27.9 Å². The van der Waals surface area contributed by atoms with Crippen LogP contribution < -0.4 is 4.74 Å². The Labute approximate surface area is 125 Å². The number of ether oxygens (including phenoxy) is 2. The first-order valence-electron chi connectivity index (χ1n) is 6.00. The Bertz CT molecular complexity index is 542. The summed E-state index contributed by atoms with van der Waals surface area (Å²) in [7, 11) is 1.67. The van der Waals surface area contributed by atoms with Crippen molar-refractivity contribution in [1.29, 1.82) is 0 Å². The minimum Gasteiger partial charge on any atom is -0.497 e. The van der Waals surface area contributed by atoms with Gasteiger partial charge in [-0.05, 0) is 30.7 Å². The van der Waals surface area contributed by atoms with Crippen molar-refractivity contribution in [2.24, 2.45) is 0 Å². The Morgan fingerprint density at radius 1 is 1.37 bits per heavy atom. The van der Waals surface area contributed by atoms with Crippen LogP contribution in [0.25, 0.3) is 0 Å². The van der Waals surface area contributed by atoms with E-state index in [0.29, 0.717) is 13.2 Å². The zero-order chi connectivity index (χ0) is 13.7. The Morgan fingerprint density at radius 3 is 2.89 bits per heavy atom. The molecule has 1 aromatic heterocycles. The highest BCUT2D eigenvalue weighted by molar-refractivity contribution is 9.10. The molecule has 0 aliphatic heterocycles. The summed E-state index contributed by atoms with van der Waals surface area (Å²) >= 11 is 5.20. The van der Waals surface area contributed by atoms with Crippen LogP contribution in [0.5, 0.6) is 5.75 Å². The number of hydrogen-bond donors (Lipinski definition) is 0. The van der Waals surface area contributed by atoms with Crippen molar-refractivity contribution in [1.82, 2.24) is 4.98 Å². The monoisotopic (exact) mass is 341 g/mol. The summed E-state index contributed by atoms with van der Waals surface area (Å²) in [6.07, 6.45) is 0.915. The minimum absolute atomic E-state index is 0.579. The van der Waals surface area contributed by atoms with Crippen LogP contribution in [0.3, 0.4) is 0 Å². The fraction of sp³-hybridized carbons (Fsp3) is 0.357. The molecule has 0 bridgehead atoms. The molecule has 0 aliphatic rings. The molecule has 2 aromatic rings. The molecule has 0 amide bonds. The molecule has 0 fully saturated rings. The number of aromatic nitrogens is 1. The molecule has 0 N–H and O–H groups in total. The van der Waals surface area contributed by atoms with Gasteiger partial charge in [0.1, 0.15) is 5.75 Å². The molecule has 0 spiro atoms. The molecular formula is C14H16BrNO2S. The zero-order valence-corrected chi connectivity index (χ0v) is 13.4. The van der Waals surface area contributed by atoms with Gasteiger partial charge in [-0.25, -0.2) is 4.98 Å². The maximum absolute atomic E-state index is 5.72. The standard InChI is InChI=1S/C14H16BrNO2S/c1-10-14(19-9-16-10)5-6-18-8-11-7-12(17-2)3-4-13(11)15/h3-4,7,9H,5-6,8H2,1-2H3. The summed E-state index contributed by atoms with van der Waals surface area (Å²) in [6, 6.07) is 5.89. The van der Waals surface area contributed by atoms with Crippen LogP contribution in [-0.4, -0.2) is 18.7 Å². The summed E-state index contributed by atoms with van der Waals surface area (Å²) in [4.78, 5) is 5.53. The number of hydrogen-bond acceptors (Lipinski definition) is 4. The number of thiazole rings is 1. The lowest BCUT2D eigenvalue weighted by molar-refractivity contribution is 0.123. The van der Waals surface area contributed by atoms with Gasteiger partial charge in [0.05, 0.1) is 31.5 Å². The lowest BCUT2D eigenvalue weighted by atomic mass is 10.2. The maximum Gasteiger partial charge on any atom is 0.119 e. The second kappa shape index (κ2) is 7.03. The summed E-state index contributed by atoms with van der Waals surface area (Å²) in [5.74, 6) is 0.847. The van der Waals surface area contributed by atoms with E-state index >= 15 is 0 Å². The normalized spacial score (nSPS) is 10.7. The average Bonchev–Trinajstić information content (AvgIpc) is 2.82. The van der Waals surface area contributed by atoms with Crippen LogP contribution in [0.15, 0.2) is 28.2 Å². The highest BCUT2D eigenvalue weighted by atomic mass is 79.9. The number of halogens is 1. The number of rotatable bonds is 6. The van der Waals surface area contributed by atoms with E-state index in [1.807, 2.05) is 30.6 Å². The van der Waals surface area contributed by atoms with E-state index in [1.165, 1.54) is 4.88 Å². The molecule has 0 radical (unpaired) electrons. The molecule has 19 heavy (non-hydrogen) atoms. The average molecular weight is 342 g/mol. The molecular weight excluding hydrogens is 326 g/mol. The molecule has 1 heterocycles. The van der Waals surface area contributed by atoms with Gasteiger partial charge in [-0.15, -0.1) is 11.3 Å². The van der Waals surface area contributed by atoms with Crippen molar-refractivity contribution in [3.8, 4) is 5.75 Å². The molecule has 3 nitrogen and oxygen atoms in total. The van der Waals surface area contributed by atoms with Gasteiger partial charge >= 0.3 is 0 Å². The molecule has 0 unspecified atom stereocenters. The smallest absolute Gasteiger partial charge is 0.119 e. The predicted molar refractivity (Wildman–Crippen MR) is 80.9 cm³/mol. The van der Waals surface area contributed by atoms with Crippen molar-refractivity contribution in [3.63, 3.8) is 0 Å². The van der Waals surface area contributed by atoms with Crippen LogP contribution >= 0.6 is 27.3 Å². The van der Waals surface area contributed by atoms with Gasteiger partial charge in [-0.2, -0.15) is 0 Å². The number of benzene rings is 1. The van der Waals surface area contributed by atoms with Crippen molar-refractivity contribution in [2.45, 2.75) is 20.0 Å². The number of methoxy groups -OCH3 is 1. The number of nitrogens with zero attached hydrogens (tertiary/aromatic N) is 1. The molecule has 0 atom stereocenters. The summed E-state index contributed by atoms with van der Waals surface area (Å²) < 4.78 is 12.0. The van der Waals surface area contributed by atoms with Crippen LogP contribution in [0.2, 0.25) is 0 Å². The Balaban J connectivity index is 1.84. The Morgan fingerprint density at radius 2 is 2.21 bits per heavy atom. The minimum atomic E-state index is 0.579. The lowest BCUT2D eigenvalue weighted by Crippen LogP contribution is -2.00. The highest BCUT2D eigenvalue weighted by Gasteiger charge is 2.04.